The highest BCUT2D eigenvalue weighted by Gasteiger charge is 2.12. The number of hydrogen-bond acceptors (Lipinski definition) is 5. The van der Waals surface area contributed by atoms with Crippen molar-refractivity contribution >= 4 is 56.2 Å². The van der Waals surface area contributed by atoms with Crippen LogP contribution in [0.25, 0.3) is 22.3 Å². The Bertz CT molecular complexity index is 1700. The maximum absolute atomic E-state index is 13.3. The minimum absolute atomic E-state index is 0.173. The molecule has 0 saturated carbocycles. The Kier molecular flexibility index (Phi) is 7.62. The van der Waals surface area contributed by atoms with Gasteiger partial charge in [-0.3, -0.25) is 9.59 Å². The molecule has 0 bridgehead atoms. The van der Waals surface area contributed by atoms with E-state index in [9.17, 15) is 9.59 Å². The summed E-state index contributed by atoms with van der Waals surface area (Å²) in [6, 6.07) is 28.7. The Morgan fingerprint density at radius 2 is 1.74 bits per heavy atom. The molecule has 1 amide bonds. The number of carbonyl (C=O) groups excluding carboxylic acids is 1. The number of fused-ring (bicyclic) bond motifs is 1. The first-order valence-electron chi connectivity index (χ1n) is 11.6. The van der Waals surface area contributed by atoms with Gasteiger partial charge in [0, 0.05) is 16.3 Å². The van der Waals surface area contributed by atoms with E-state index < -0.39 is 0 Å². The van der Waals surface area contributed by atoms with Crippen molar-refractivity contribution < 1.29 is 9.53 Å². The molecule has 0 aliphatic carbocycles. The second-order valence-electron chi connectivity index (χ2n) is 8.21. The molecule has 38 heavy (non-hydrogen) atoms. The average Bonchev–Trinajstić information content (AvgIpc) is 2.94. The number of amides is 1. The molecule has 1 aromatic heterocycles. The Balaban J connectivity index is 1.36. The molecular formula is C29H20BrClN4O3. The monoisotopic (exact) mass is 586 g/mol. The van der Waals surface area contributed by atoms with Crippen LogP contribution in [-0.2, 0) is 4.79 Å². The summed E-state index contributed by atoms with van der Waals surface area (Å²) < 4.78 is 7.60. The largest absolute Gasteiger partial charge is 0.483 e. The van der Waals surface area contributed by atoms with Gasteiger partial charge in [-0.15, -0.1) is 0 Å². The predicted molar refractivity (Wildman–Crippen MR) is 154 cm³/mol. The molecule has 0 radical (unpaired) electrons. The Labute approximate surface area is 231 Å². The second-order valence-corrected chi connectivity index (χ2v) is 9.50. The van der Waals surface area contributed by atoms with Crippen LogP contribution in [-0.4, -0.2) is 28.4 Å². The van der Waals surface area contributed by atoms with E-state index in [1.165, 1.54) is 4.68 Å². The Morgan fingerprint density at radius 1 is 1.00 bits per heavy atom. The zero-order chi connectivity index (χ0) is 26.5. The highest BCUT2D eigenvalue weighted by molar-refractivity contribution is 9.10. The molecule has 188 valence electrons. The summed E-state index contributed by atoms with van der Waals surface area (Å²) in [4.78, 5) is 30.2. The number of ether oxygens (including phenoxy) is 1. The molecule has 0 unspecified atom stereocenters. The molecule has 1 N–H and O–H groups in total. The fraction of sp³-hybridized carbons (Fsp3) is 0.0345. The summed E-state index contributed by atoms with van der Waals surface area (Å²) >= 11 is 9.35. The summed E-state index contributed by atoms with van der Waals surface area (Å²) in [5.74, 6) is 0.626. The summed E-state index contributed by atoms with van der Waals surface area (Å²) in [6.07, 6.45) is 1.58. The molecule has 5 aromatic rings. The normalized spacial score (nSPS) is 11.1. The van der Waals surface area contributed by atoms with E-state index in [1.807, 2.05) is 42.5 Å². The summed E-state index contributed by atoms with van der Waals surface area (Å²) in [6.45, 7) is -0.173. The van der Waals surface area contributed by atoms with Gasteiger partial charge >= 0.3 is 0 Å². The van der Waals surface area contributed by atoms with E-state index in [-0.39, 0.29) is 18.1 Å². The van der Waals surface area contributed by atoms with Crippen LogP contribution in [0.2, 0.25) is 5.02 Å². The first-order chi connectivity index (χ1) is 18.5. The highest BCUT2D eigenvalue weighted by Crippen LogP contribution is 2.26. The smallest absolute Gasteiger partial charge is 0.282 e. The SMILES string of the molecule is O=C(COc1ccc(C=Nn2c(-c3ccccc3)nc3ccccc3c2=O)cc1Br)Nc1ccc(Cl)cc1. The molecule has 0 spiro atoms. The van der Waals surface area contributed by atoms with Crippen molar-refractivity contribution in [2.24, 2.45) is 5.10 Å². The van der Waals surface area contributed by atoms with Gasteiger partial charge in [0.2, 0.25) is 0 Å². The fourth-order valence-corrected chi connectivity index (χ4v) is 4.35. The first kappa shape index (κ1) is 25.4. The van der Waals surface area contributed by atoms with Gasteiger partial charge in [-0.1, -0.05) is 54.1 Å². The van der Waals surface area contributed by atoms with Crippen molar-refractivity contribution in [3.63, 3.8) is 0 Å². The Morgan fingerprint density at radius 3 is 2.50 bits per heavy atom. The topological polar surface area (TPSA) is 85.6 Å². The molecule has 0 aliphatic heterocycles. The van der Waals surface area contributed by atoms with E-state index in [0.29, 0.717) is 43.2 Å². The number of carbonyl (C=O) groups is 1. The number of aromatic nitrogens is 2. The number of para-hydroxylation sites is 1. The number of nitrogens with zero attached hydrogens (tertiary/aromatic N) is 3. The van der Waals surface area contributed by atoms with Crippen molar-refractivity contribution in [1.82, 2.24) is 9.66 Å². The van der Waals surface area contributed by atoms with Gasteiger partial charge in [-0.05, 0) is 76.1 Å². The van der Waals surface area contributed by atoms with E-state index in [2.05, 4.69) is 26.3 Å². The third-order valence-electron chi connectivity index (χ3n) is 5.55. The maximum atomic E-state index is 13.3. The van der Waals surface area contributed by atoms with Crippen molar-refractivity contribution in [3.8, 4) is 17.1 Å². The zero-order valence-electron chi connectivity index (χ0n) is 19.8. The van der Waals surface area contributed by atoms with Crippen LogP contribution in [0.4, 0.5) is 5.69 Å². The standard InChI is InChI=1S/C29H20BrClN4O3/c30-24-16-19(10-15-26(24)38-18-27(36)33-22-13-11-21(31)12-14-22)17-32-35-28(20-6-2-1-3-7-20)34-25-9-5-4-8-23(25)29(35)37/h1-17H,18H2,(H,33,36). The van der Waals surface area contributed by atoms with Crippen molar-refractivity contribution in [1.29, 1.82) is 0 Å². The summed E-state index contributed by atoms with van der Waals surface area (Å²) in [5.41, 5.74) is 2.45. The molecule has 4 aromatic carbocycles. The number of hydrogen-bond donors (Lipinski definition) is 1. The van der Waals surface area contributed by atoms with Crippen LogP contribution in [0.1, 0.15) is 5.56 Å². The number of nitrogens with one attached hydrogen (secondary N) is 1. The molecule has 9 heteroatoms. The van der Waals surface area contributed by atoms with Crippen LogP contribution in [0.15, 0.2) is 111 Å². The molecule has 0 saturated heterocycles. The van der Waals surface area contributed by atoms with Gasteiger partial charge in [0.05, 0.1) is 21.6 Å². The first-order valence-corrected chi connectivity index (χ1v) is 12.7. The van der Waals surface area contributed by atoms with Crippen molar-refractivity contribution in [3.05, 3.63) is 122 Å². The molecule has 0 aliphatic rings. The summed E-state index contributed by atoms with van der Waals surface area (Å²) in [7, 11) is 0. The van der Waals surface area contributed by atoms with Gasteiger partial charge in [0.1, 0.15) is 5.75 Å². The van der Waals surface area contributed by atoms with E-state index >= 15 is 0 Å². The van der Waals surface area contributed by atoms with Gasteiger partial charge < -0.3 is 10.1 Å². The molecule has 0 atom stereocenters. The van der Waals surface area contributed by atoms with Gasteiger partial charge in [0.25, 0.3) is 11.5 Å². The lowest BCUT2D eigenvalue weighted by molar-refractivity contribution is -0.118. The van der Waals surface area contributed by atoms with Gasteiger partial charge in [-0.2, -0.15) is 9.78 Å². The van der Waals surface area contributed by atoms with Crippen molar-refractivity contribution in [2.45, 2.75) is 0 Å². The number of halogens is 2. The fourth-order valence-electron chi connectivity index (χ4n) is 3.72. The Hall–Kier alpha value is -4.27. The minimum Gasteiger partial charge on any atom is -0.483 e. The lowest BCUT2D eigenvalue weighted by Gasteiger charge is -2.10. The zero-order valence-corrected chi connectivity index (χ0v) is 22.2. The highest BCUT2D eigenvalue weighted by atomic mass is 79.9. The van der Waals surface area contributed by atoms with Crippen LogP contribution in [0.5, 0.6) is 5.75 Å². The van der Waals surface area contributed by atoms with Crippen LogP contribution in [0.3, 0.4) is 0 Å². The quantitative estimate of drug-likeness (QED) is 0.224. The third kappa shape index (κ3) is 5.82. The molecule has 0 fully saturated rings. The van der Waals surface area contributed by atoms with Gasteiger partial charge in [-0.25, -0.2) is 4.98 Å². The molecule has 7 nitrogen and oxygen atoms in total. The van der Waals surface area contributed by atoms with Crippen LogP contribution in [0, 0.1) is 0 Å². The number of rotatable bonds is 7. The lowest BCUT2D eigenvalue weighted by atomic mass is 10.2. The third-order valence-corrected chi connectivity index (χ3v) is 6.42. The van der Waals surface area contributed by atoms with Gasteiger partial charge in [0.15, 0.2) is 12.4 Å². The van der Waals surface area contributed by atoms with Crippen molar-refractivity contribution in [2.75, 3.05) is 11.9 Å². The van der Waals surface area contributed by atoms with E-state index in [1.54, 1.807) is 60.8 Å². The minimum atomic E-state index is -0.304. The maximum Gasteiger partial charge on any atom is 0.282 e. The number of benzene rings is 4. The number of anilines is 1. The average molecular weight is 588 g/mol. The predicted octanol–water partition coefficient (Wildman–Crippen LogP) is 6.38. The van der Waals surface area contributed by atoms with E-state index in [4.69, 9.17) is 21.3 Å². The van der Waals surface area contributed by atoms with Crippen LogP contribution < -0.4 is 15.6 Å². The molecular weight excluding hydrogens is 568 g/mol. The molecule has 5 rings (SSSR count). The van der Waals surface area contributed by atoms with Crippen LogP contribution >= 0.6 is 27.5 Å². The van der Waals surface area contributed by atoms with E-state index in [0.717, 1.165) is 5.56 Å². The summed E-state index contributed by atoms with van der Waals surface area (Å²) in [5, 5.41) is 8.30. The molecule has 1 heterocycles. The second kappa shape index (κ2) is 11.4. The lowest BCUT2D eigenvalue weighted by Crippen LogP contribution is -2.20.